The number of fused-ring (bicyclic) bond motifs is 4. The number of carbonyl (C=O) groups excluding carboxylic acids is 1. The molecule has 2 aliphatic rings. The third-order valence-corrected chi connectivity index (χ3v) is 8.39. The Hall–Kier alpha value is -3.51. The number of nitrogens with zero attached hydrogens (tertiary/aromatic N) is 3. The summed E-state index contributed by atoms with van der Waals surface area (Å²) in [6.45, 7) is 1.17. The number of hydrogen-bond donors (Lipinski definition) is 2. The summed E-state index contributed by atoms with van der Waals surface area (Å²) in [7, 11) is -3.75. The number of aromatic nitrogens is 1. The van der Waals surface area contributed by atoms with Gasteiger partial charge in [-0.1, -0.05) is 6.07 Å². The van der Waals surface area contributed by atoms with Crippen molar-refractivity contribution < 1.29 is 18.4 Å². The van der Waals surface area contributed by atoms with Gasteiger partial charge >= 0.3 is 0 Å². The van der Waals surface area contributed by atoms with Crippen molar-refractivity contribution in [2.75, 3.05) is 23.6 Å². The van der Waals surface area contributed by atoms with Crippen molar-refractivity contribution in [1.29, 1.82) is 0 Å². The smallest absolute Gasteiger partial charge is 0.255 e. The first-order chi connectivity index (χ1) is 16.7. The normalized spacial score (nSPS) is 19.6. The number of carbonyl (C=O) groups is 1. The van der Waals surface area contributed by atoms with Gasteiger partial charge in [-0.25, -0.2) is 8.42 Å². The van der Waals surface area contributed by atoms with E-state index in [1.807, 2.05) is 6.07 Å². The van der Waals surface area contributed by atoms with E-state index in [0.717, 1.165) is 12.1 Å². The average Bonchev–Trinajstić information content (AvgIpc) is 2.85. The Balaban J connectivity index is 1.30. The first-order valence-electron chi connectivity index (χ1n) is 11.1. The number of rotatable bonds is 5. The maximum absolute atomic E-state index is 13.4. The summed E-state index contributed by atoms with van der Waals surface area (Å²) in [5, 5.41) is 22.1. The standard InChI is InChI=1S/C24H23N4O6S/c29-23-3-1-2-22-18-12-16(14-27(22)23)13-26(15-18)35(33,34)21-10-6-19(7-11-21)25-24(30)17-4-8-20(9-5-17)28(31)32/h1-11,16,18,31H,12-15H2,(H,25,30)/q-1/t16-,18-/m0/s1. The molecule has 10 nitrogen and oxygen atoms in total. The molecule has 35 heavy (non-hydrogen) atoms. The third-order valence-electron chi connectivity index (χ3n) is 6.55. The number of piperidine rings is 1. The van der Waals surface area contributed by atoms with Crippen molar-refractivity contribution in [3.8, 4) is 0 Å². The molecule has 3 aromatic rings. The van der Waals surface area contributed by atoms with Gasteiger partial charge in [-0.15, -0.1) is 0 Å². The van der Waals surface area contributed by atoms with Crippen molar-refractivity contribution in [3.63, 3.8) is 0 Å². The molecule has 1 saturated heterocycles. The van der Waals surface area contributed by atoms with E-state index >= 15 is 0 Å². The van der Waals surface area contributed by atoms with Crippen LogP contribution in [0.3, 0.4) is 0 Å². The van der Waals surface area contributed by atoms with Gasteiger partial charge in [-0.3, -0.25) is 14.8 Å². The highest BCUT2D eigenvalue weighted by molar-refractivity contribution is 7.89. The molecule has 2 aliphatic heterocycles. The summed E-state index contributed by atoms with van der Waals surface area (Å²) in [6.07, 6.45) is 0.854. The largest absolute Gasteiger partial charge is 0.733 e. The fourth-order valence-electron chi connectivity index (χ4n) is 4.85. The number of sulfonamides is 1. The zero-order valence-corrected chi connectivity index (χ0v) is 19.4. The third kappa shape index (κ3) is 4.46. The van der Waals surface area contributed by atoms with Crippen LogP contribution < -0.4 is 16.1 Å². The summed E-state index contributed by atoms with van der Waals surface area (Å²) < 4.78 is 30.0. The Kier molecular flexibility index (Phi) is 5.93. The van der Waals surface area contributed by atoms with Crippen LogP contribution in [0.1, 0.15) is 28.4 Å². The molecule has 1 aromatic heterocycles. The quantitative estimate of drug-likeness (QED) is 0.520. The minimum absolute atomic E-state index is 0.00601. The monoisotopic (exact) mass is 495 g/mol. The fourth-order valence-corrected chi connectivity index (χ4v) is 6.41. The molecule has 0 spiro atoms. The Labute approximate surface area is 201 Å². The van der Waals surface area contributed by atoms with Crippen LogP contribution in [0.2, 0.25) is 0 Å². The van der Waals surface area contributed by atoms with E-state index < -0.39 is 15.9 Å². The molecule has 0 radical (unpaired) electrons. The molecule has 2 N–H and O–H groups in total. The van der Waals surface area contributed by atoms with E-state index in [1.54, 1.807) is 10.6 Å². The Morgan fingerprint density at radius 1 is 1.00 bits per heavy atom. The Bertz CT molecular complexity index is 1420. The van der Waals surface area contributed by atoms with Gasteiger partial charge in [0.15, 0.2) is 0 Å². The average molecular weight is 496 g/mol. The maximum Gasteiger partial charge on any atom is 0.255 e. The molecular weight excluding hydrogens is 472 g/mol. The predicted molar refractivity (Wildman–Crippen MR) is 129 cm³/mol. The molecule has 1 amide bonds. The molecule has 0 saturated carbocycles. The molecule has 2 atom stereocenters. The van der Waals surface area contributed by atoms with E-state index in [9.17, 15) is 23.2 Å². The molecule has 2 aromatic carbocycles. The second kappa shape index (κ2) is 8.93. The van der Waals surface area contributed by atoms with E-state index in [2.05, 4.69) is 5.32 Å². The number of pyridine rings is 1. The van der Waals surface area contributed by atoms with E-state index in [0.29, 0.717) is 25.3 Å². The van der Waals surface area contributed by atoms with Gasteiger partial charge in [-0.05, 0) is 66.9 Å². The minimum atomic E-state index is -3.75. The summed E-state index contributed by atoms with van der Waals surface area (Å²) in [5.41, 5.74) is 1.50. The Morgan fingerprint density at radius 2 is 1.71 bits per heavy atom. The zero-order chi connectivity index (χ0) is 24.7. The number of amides is 1. The zero-order valence-electron chi connectivity index (χ0n) is 18.6. The van der Waals surface area contributed by atoms with Crippen molar-refractivity contribution in [1.82, 2.24) is 8.87 Å². The van der Waals surface area contributed by atoms with Crippen molar-refractivity contribution in [2.24, 2.45) is 5.92 Å². The number of benzene rings is 2. The molecule has 2 bridgehead atoms. The lowest BCUT2D eigenvalue weighted by molar-refractivity contribution is 0.102. The molecule has 0 unspecified atom stereocenters. The van der Waals surface area contributed by atoms with Gasteiger partial charge in [0.05, 0.1) is 10.6 Å². The van der Waals surface area contributed by atoms with Gasteiger partial charge in [0.25, 0.3) is 11.5 Å². The molecule has 11 heteroatoms. The highest BCUT2D eigenvalue weighted by Crippen LogP contribution is 2.37. The van der Waals surface area contributed by atoms with Gasteiger partial charge in [0, 0.05) is 48.6 Å². The summed E-state index contributed by atoms with van der Waals surface area (Å²) in [4.78, 5) is 24.8. The van der Waals surface area contributed by atoms with E-state index in [-0.39, 0.29) is 38.8 Å². The molecule has 3 heterocycles. The molecule has 0 aliphatic carbocycles. The molecular formula is C24H23N4O6S-. The predicted octanol–water partition coefficient (Wildman–Crippen LogP) is 2.60. The van der Waals surface area contributed by atoms with Gasteiger partial charge in [0.1, 0.15) is 0 Å². The summed E-state index contributed by atoms with van der Waals surface area (Å²) in [5.74, 6) is -0.406. The number of nitrogens with one attached hydrogen (secondary N) is 1. The van der Waals surface area contributed by atoms with Crippen molar-refractivity contribution in [3.05, 3.63) is 93.5 Å². The Morgan fingerprint density at radius 3 is 2.40 bits per heavy atom. The SMILES string of the molecule is O=C(Nc1ccc(S(=O)(=O)N2C[C@@H]3C[C@@H](C2)c2cccc(=O)n2C3)cc1)c1ccc(N([O-])O)cc1. The highest BCUT2D eigenvalue weighted by Gasteiger charge is 2.39. The molecule has 1 fully saturated rings. The fraction of sp³-hybridized carbons (Fsp3) is 0.250. The summed E-state index contributed by atoms with van der Waals surface area (Å²) >= 11 is 0. The summed E-state index contributed by atoms with van der Waals surface area (Å²) in [6, 6.07) is 16.5. The molecule has 182 valence electrons. The van der Waals surface area contributed by atoms with E-state index in [4.69, 9.17) is 5.21 Å². The van der Waals surface area contributed by atoms with Gasteiger partial charge in [-0.2, -0.15) is 4.31 Å². The minimum Gasteiger partial charge on any atom is -0.733 e. The van der Waals surface area contributed by atoms with Gasteiger partial charge < -0.3 is 20.3 Å². The first-order valence-corrected chi connectivity index (χ1v) is 12.5. The van der Waals surface area contributed by atoms with Crippen LogP contribution in [0.5, 0.6) is 0 Å². The second-order valence-corrected chi connectivity index (χ2v) is 10.8. The van der Waals surface area contributed by atoms with Crippen LogP contribution in [0, 0.1) is 11.1 Å². The topological polar surface area (TPSA) is 135 Å². The lowest BCUT2D eigenvalue weighted by Gasteiger charge is -2.42. The highest BCUT2D eigenvalue weighted by atomic mass is 32.2. The van der Waals surface area contributed by atoms with Crippen LogP contribution in [0.15, 0.2) is 76.4 Å². The van der Waals surface area contributed by atoms with Crippen LogP contribution in [0.4, 0.5) is 11.4 Å². The van der Waals surface area contributed by atoms with Crippen LogP contribution in [-0.2, 0) is 16.6 Å². The maximum atomic E-state index is 13.4. The van der Waals surface area contributed by atoms with Crippen LogP contribution in [0.25, 0.3) is 0 Å². The van der Waals surface area contributed by atoms with Crippen molar-refractivity contribution >= 4 is 27.3 Å². The lowest BCUT2D eigenvalue weighted by atomic mass is 9.84. The van der Waals surface area contributed by atoms with Gasteiger partial charge in [0.2, 0.25) is 10.0 Å². The molecule has 5 rings (SSSR count). The number of hydrogen-bond acceptors (Lipinski definition) is 7. The van der Waals surface area contributed by atoms with Crippen LogP contribution >= 0.6 is 0 Å². The second-order valence-electron chi connectivity index (χ2n) is 8.82. The van der Waals surface area contributed by atoms with Crippen LogP contribution in [-0.4, -0.2) is 41.5 Å². The van der Waals surface area contributed by atoms with E-state index in [1.165, 1.54) is 58.9 Å². The van der Waals surface area contributed by atoms with Crippen molar-refractivity contribution in [2.45, 2.75) is 23.8 Å². The lowest BCUT2D eigenvalue weighted by Crippen LogP contribution is -2.48. The number of anilines is 2. The first kappa shape index (κ1) is 23.2.